The van der Waals surface area contributed by atoms with Gasteiger partial charge in [-0.15, -0.1) is 0 Å². The number of rotatable bonds is 3. The quantitative estimate of drug-likeness (QED) is 0.319. The van der Waals surface area contributed by atoms with E-state index in [2.05, 4.69) is 4.98 Å². The molecule has 30 heavy (non-hydrogen) atoms. The third kappa shape index (κ3) is 3.30. The summed E-state index contributed by atoms with van der Waals surface area (Å²) >= 11 is 0. The Morgan fingerprint density at radius 2 is 1.43 bits per heavy atom. The van der Waals surface area contributed by atoms with Crippen LogP contribution in [0.2, 0.25) is 0 Å². The van der Waals surface area contributed by atoms with Gasteiger partial charge in [0, 0.05) is 23.2 Å². The van der Waals surface area contributed by atoms with Crippen molar-refractivity contribution >= 4 is 20.7 Å². The van der Waals surface area contributed by atoms with Gasteiger partial charge in [-0.05, 0) is 42.0 Å². The summed E-state index contributed by atoms with van der Waals surface area (Å²) in [6.07, 6.45) is 0.820. The molecule has 0 fully saturated rings. The van der Waals surface area contributed by atoms with Gasteiger partial charge in [0.15, 0.2) is 11.6 Å². The van der Waals surface area contributed by atoms with Gasteiger partial charge in [-0.3, -0.25) is 4.98 Å². The average Bonchev–Trinajstić information content (AvgIpc) is 2.68. The van der Waals surface area contributed by atoms with Crippen LogP contribution in [-0.2, 0) is 9.84 Å². The average molecular weight is 435 g/mol. The molecular formula is C21H10F5NO2S. The first kappa shape index (κ1) is 20.0. The molecule has 0 radical (unpaired) electrons. The van der Waals surface area contributed by atoms with E-state index >= 15 is 0 Å². The van der Waals surface area contributed by atoms with E-state index in [1.807, 2.05) is 0 Å². The van der Waals surface area contributed by atoms with E-state index in [1.54, 1.807) is 0 Å². The van der Waals surface area contributed by atoms with Crippen molar-refractivity contribution in [2.45, 2.75) is 9.79 Å². The normalized spacial score (nSPS) is 11.8. The largest absolute Gasteiger partial charge is 0.252 e. The molecule has 0 saturated heterocycles. The molecule has 9 heteroatoms. The van der Waals surface area contributed by atoms with Crippen LogP contribution in [0.5, 0.6) is 0 Å². The molecule has 0 unspecified atom stereocenters. The van der Waals surface area contributed by atoms with E-state index < -0.39 is 48.7 Å². The predicted octanol–water partition coefficient (Wildman–Crippen LogP) is 5.43. The van der Waals surface area contributed by atoms with Crippen LogP contribution in [0, 0.1) is 29.1 Å². The van der Waals surface area contributed by atoms with Crippen LogP contribution in [0.4, 0.5) is 22.0 Å². The summed E-state index contributed by atoms with van der Waals surface area (Å²) in [6, 6.07) is 8.04. The number of fused-ring (bicyclic) bond motifs is 1. The van der Waals surface area contributed by atoms with Crippen molar-refractivity contribution < 1.29 is 30.4 Å². The lowest BCUT2D eigenvalue weighted by Crippen LogP contribution is -2.07. The van der Waals surface area contributed by atoms with Gasteiger partial charge in [0.1, 0.15) is 23.0 Å². The summed E-state index contributed by atoms with van der Waals surface area (Å²) in [7, 11) is -4.52. The van der Waals surface area contributed by atoms with E-state index in [0.29, 0.717) is 18.2 Å². The first-order valence-electron chi connectivity index (χ1n) is 8.42. The van der Waals surface area contributed by atoms with Crippen molar-refractivity contribution in [3.63, 3.8) is 0 Å². The second-order valence-corrected chi connectivity index (χ2v) is 8.29. The highest BCUT2D eigenvalue weighted by Gasteiger charge is 2.26. The molecule has 4 aromatic rings. The van der Waals surface area contributed by atoms with Gasteiger partial charge < -0.3 is 0 Å². The first-order chi connectivity index (χ1) is 14.2. The zero-order chi connectivity index (χ0) is 21.6. The van der Waals surface area contributed by atoms with Crippen molar-refractivity contribution in [1.82, 2.24) is 4.98 Å². The van der Waals surface area contributed by atoms with Gasteiger partial charge >= 0.3 is 0 Å². The minimum Gasteiger partial charge on any atom is -0.252 e. The fourth-order valence-corrected chi connectivity index (χ4v) is 4.59. The molecule has 0 spiro atoms. The van der Waals surface area contributed by atoms with Crippen molar-refractivity contribution in [1.29, 1.82) is 0 Å². The molecule has 152 valence electrons. The molecule has 0 aliphatic carbocycles. The molecular weight excluding hydrogens is 425 g/mol. The van der Waals surface area contributed by atoms with E-state index in [4.69, 9.17) is 0 Å². The molecule has 3 nitrogen and oxygen atoms in total. The molecule has 1 aromatic heterocycles. The van der Waals surface area contributed by atoms with Crippen molar-refractivity contribution in [3.05, 3.63) is 89.9 Å². The number of hydrogen-bond donors (Lipinski definition) is 0. The minimum atomic E-state index is -4.52. The summed E-state index contributed by atoms with van der Waals surface area (Å²) < 4.78 is 95.3. The Kier molecular flexibility index (Phi) is 4.77. The summed E-state index contributed by atoms with van der Waals surface area (Å²) in [5.74, 6) is -5.39. The maximum absolute atomic E-state index is 14.2. The maximum atomic E-state index is 14.2. The smallest absolute Gasteiger partial charge is 0.208 e. The third-order valence-corrected chi connectivity index (χ3v) is 6.22. The molecule has 0 atom stereocenters. The standard InChI is InChI=1S/C21H10F5NO2S/c22-12-6-11(7-13(23)8-12)20-15-2-1-3-17(25)21(15)27-10-19(20)30(28,29)14-4-5-16(24)18(26)9-14/h1-10H. The number of para-hydroxylation sites is 1. The van der Waals surface area contributed by atoms with Gasteiger partial charge in [0.05, 0.1) is 9.79 Å². The second-order valence-electron chi connectivity index (χ2n) is 6.37. The lowest BCUT2D eigenvalue weighted by atomic mass is 10.0. The third-order valence-electron chi connectivity index (χ3n) is 4.46. The molecule has 0 aliphatic heterocycles. The van der Waals surface area contributed by atoms with Crippen LogP contribution in [0.3, 0.4) is 0 Å². The number of benzene rings is 3. The number of sulfone groups is 1. The summed E-state index contributed by atoms with van der Waals surface area (Å²) in [5, 5.41) is -0.0244. The molecule has 1 heterocycles. The molecule has 3 aromatic carbocycles. The van der Waals surface area contributed by atoms with Gasteiger partial charge in [-0.25, -0.2) is 30.4 Å². The van der Waals surface area contributed by atoms with E-state index in [0.717, 1.165) is 30.5 Å². The summed E-state index contributed by atoms with van der Waals surface area (Å²) in [5.41, 5.74) is -0.629. The highest BCUT2D eigenvalue weighted by atomic mass is 32.2. The summed E-state index contributed by atoms with van der Waals surface area (Å²) in [4.78, 5) is 2.69. The molecule has 0 aliphatic rings. The van der Waals surface area contributed by atoms with Crippen molar-refractivity contribution in [2.24, 2.45) is 0 Å². The number of nitrogens with zero attached hydrogens (tertiary/aromatic N) is 1. The Morgan fingerprint density at radius 1 is 0.733 bits per heavy atom. The van der Waals surface area contributed by atoms with Crippen LogP contribution in [-0.4, -0.2) is 13.4 Å². The van der Waals surface area contributed by atoms with Crippen LogP contribution in [0.1, 0.15) is 0 Å². The van der Waals surface area contributed by atoms with Crippen molar-refractivity contribution in [2.75, 3.05) is 0 Å². The lowest BCUT2D eigenvalue weighted by Gasteiger charge is -2.14. The predicted molar refractivity (Wildman–Crippen MR) is 98.9 cm³/mol. The van der Waals surface area contributed by atoms with Crippen molar-refractivity contribution in [3.8, 4) is 11.1 Å². The Hall–Kier alpha value is -3.33. The Bertz CT molecular complexity index is 1400. The van der Waals surface area contributed by atoms with Gasteiger partial charge in [-0.2, -0.15) is 0 Å². The van der Waals surface area contributed by atoms with E-state index in [1.165, 1.54) is 12.1 Å². The maximum Gasteiger partial charge on any atom is 0.208 e. The highest BCUT2D eigenvalue weighted by Crippen LogP contribution is 2.37. The number of hydrogen-bond acceptors (Lipinski definition) is 3. The number of halogens is 5. The van der Waals surface area contributed by atoms with Gasteiger partial charge in [0.25, 0.3) is 0 Å². The zero-order valence-electron chi connectivity index (χ0n) is 14.8. The fourth-order valence-electron chi connectivity index (χ4n) is 3.14. The lowest BCUT2D eigenvalue weighted by molar-refractivity contribution is 0.504. The zero-order valence-corrected chi connectivity index (χ0v) is 15.7. The topological polar surface area (TPSA) is 47.0 Å². The van der Waals surface area contributed by atoms with Crippen LogP contribution in [0.15, 0.2) is 70.6 Å². The molecule has 0 bridgehead atoms. The van der Waals surface area contributed by atoms with Gasteiger partial charge in [-0.1, -0.05) is 12.1 Å². The number of pyridine rings is 1. The Balaban J connectivity index is 2.11. The Morgan fingerprint density at radius 3 is 2.10 bits per heavy atom. The number of aromatic nitrogens is 1. The fraction of sp³-hybridized carbons (Fsp3) is 0. The molecule has 0 amide bonds. The minimum absolute atomic E-state index is 0.0244. The second kappa shape index (κ2) is 7.17. The van der Waals surface area contributed by atoms with E-state index in [9.17, 15) is 30.4 Å². The van der Waals surface area contributed by atoms with Crippen LogP contribution in [0.25, 0.3) is 22.0 Å². The summed E-state index contributed by atoms with van der Waals surface area (Å²) in [6.45, 7) is 0. The SMILES string of the molecule is O=S(=O)(c1ccc(F)c(F)c1)c1cnc2c(F)cccc2c1-c1cc(F)cc(F)c1. The van der Waals surface area contributed by atoms with Gasteiger partial charge in [0.2, 0.25) is 9.84 Å². The molecule has 0 N–H and O–H groups in total. The Labute approximate surface area is 167 Å². The highest BCUT2D eigenvalue weighted by molar-refractivity contribution is 7.91. The van der Waals surface area contributed by atoms with Crippen LogP contribution < -0.4 is 0 Å². The van der Waals surface area contributed by atoms with Crippen LogP contribution >= 0.6 is 0 Å². The molecule has 4 rings (SSSR count). The monoisotopic (exact) mass is 435 g/mol. The molecule has 0 saturated carbocycles. The first-order valence-corrected chi connectivity index (χ1v) is 9.90. The van der Waals surface area contributed by atoms with E-state index in [-0.39, 0.29) is 22.0 Å².